The molecule has 0 amide bonds. The summed E-state index contributed by atoms with van der Waals surface area (Å²) in [5, 5.41) is 7.70. The summed E-state index contributed by atoms with van der Waals surface area (Å²) in [4.78, 5) is 32.0. The number of hydrogen-bond donors (Lipinski definition) is 2. The van der Waals surface area contributed by atoms with E-state index in [0.717, 1.165) is 55.9 Å². The second-order valence-corrected chi connectivity index (χ2v) is 22.4. The van der Waals surface area contributed by atoms with E-state index in [0.29, 0.717) is 35.5 Å². The van der Waals surface area contributed by atoms with Crippen LogP contribution in [0.1, 0.15) is 129 Å². The largest absolute Gasteiger partial charge is 0.474 e. The molecule has 0 radical (unpaired) electrons. The van der Waals surface area contributed by atoms with Crippen LogP contribution in [0.4, 0.5) is 11.4 Å². The van der Waals surface area contributed by atoms with Crippen molar-refractivity contribution >= 4 is 22.9 Å². The van der Waals surface area contributed by atoms with Gasteiger partial charge in [0.05, 0.1) is 12.1 Å². The van der Waals surface area contributed by atoms with Crippen LogP contribution in [0.25, 0.3) is 0 Å². The van der Waals surface area contributed by atoms with E-state index in [1.807, 2.05) is 60.7 Å². The first-order chi connectivity index (χ1) is 29.0. The van der Waals surface area contributed by atoms with E-state index in [2.05, 4.69) is 142 Å². The average molecular weight is 827 g/mol. The topological polar surface area (TPSA) is 76.7 Å². The predicted molar refractivity (Wildman–Crippen MR) is 251 cm³/mol. The number of nitrogens with one attached hydrogen (secondary N) is 2. The smallest absolute Gasteiger partial charge is 0.209 e. The number of hydrogen-bond acceptors (Lipinski definition) is 6. The summed E-state index contributed by atoms with van der Waals surface area (Å²) in [6.45, 7) is 26.5. The Bertz CT molecular complexity index is 2470. The number of carbonyl (C=O) groups is 2. The van der Waals surface area contributed by atoms with Crippen molar-refractivity contribution in [3.63, 3.8) is 0 Å². The van der Waals surface area contributed by atoms with E-state index in [4.69, 9.17) is 9.47 Å². The summed E-state index contributed by atoms with van der Waals surface area (Å²) in [7, 11) is 0. The van der Waals surface area contributed by atoms with Gasteiger partial charge in [0.1, 0.15) is 11.5 Å². The molecule has 3 heterocycles. The summed E-state index contributed by atoms with van der Waals surface area (Å²) in [6, 6.07) is 27.7. The zero-order chi connectivity index (χ0) is 44.4. The lowest BCUT2D eigenvalue weighted by Gasteiger charge is -2.39. The Morgan fingerprint density at radius 1 is 0.500 bits per heavy atom. The van der Waals surface area contributed by atoms with Gasteiger partial charge in [-0.3, -0.25) is 9.59 Å². The fraction of sp³-hybridized carbons (Fsp3) is 0.393. The molecule has 0 aromatic heterocycles. The standard InChI is InChI=1S/C56H62N2O4/c1-51(2,3)35-23-33-29-55-31-38(54(10,11)12)28-44(50(55)60)46(58-40-21-17-14-18-22-40)42-26-36(52(4,5)6)24-34-30-56(62-48(34)42)32-37(53(7,8)9)27-43(49(56)59)45(41(25-35)47(33)61-55)57-39-19-15-13-16-20-39/h13-28,31-32,45-46,57-58H,29-30H2,1-12H3/t45?,46?,55-,56+. The zero-order valence-electron chi connectivity index (χ0n) is 38.6. The number of allylic oxidation sites excluding steroid dienone is 4. The molecule has 2 N–H and O–H groups in total. The lowest BCUT2D eigenvalue weighted by Crippen LogP contribution is -2.48. The van der Waals surface area contributed by atoms with Crippen molar-refractivity contribution in [2.24, 2.45) is 10.8 Å². The molecule has 2 spiro atoms. The zero-order valence-corrected chi connectivity index (χ0v) is 38.6. The van der Waals surface area contributed by atoms with Crippen LogP contribution in [0.5, 0.6) is 11.5 Å². The van der Waals surface area contributed by atoms with E-state index in [9.17, 15) is 0 Å². The third-order valence-corrected chi connectivity index (χ3v) is 13.4. The van der Waals surface area contributed by atoms with Crippen LogP contribution in [-0.4, -0.2) is 22.8 Å². The first kappa shape index (κ1) is 41.7. The molecule has 62 heavy (non-hydrogen) atoms. The number of carbonyl (C=O) groups excluding carboxylic acids is 2. The molecule has 2 aliphatic carbocycles. The number of ether oxygens (including phenoxy) is 2. The Kier molecular flexibility index (Phi) is 9.38. The van der Waals surface area contributed by atoms with Crippen molar-refractivity contribution < 1.29 is 19.1 Å². The van der Waals surface area contributed by atoms with Gasteiger partial charge < -0.3 is 20.1 Å². The van der Waals surface area contributed by atoms with Crippen molar-refractivity contribution in [1.29, 1.82) is 0 Å². The number of Topliss-reactive ketones (excluding diaryl/α,β-unsaturated/α-hetero) is 2. The quantitative estimate of drug-likeness (QED) is 0.213. The molecule has 6 heteroatoms. The Labute approximate surface area is 368 Å². The Morgan fingerprint density at radius 2 is 0.855 bits per heavy atom. The predicted octanol–water partition coefficient (Wildman–Crippen LogP) is 12.6. The molecule has 320 valence electrons. The van der Waals surface area contributed by atoms with E-state index in [1.165, 1.54) is 0 Å². The maximum absolute atomic E-state index is 16.0. The average Bonchev–Trinajstić information content (AvgIpc) is 3.76. The van der Waals surface area contributed by atoms with Gasteiger partial charge in [0.15, 0.2) is 11.2 Å². The Balaban J connectivity index is 1.41. The molecule has 4 atom stereocenters. The van der Waals surface area contributed by atoms with E-state index < -0.39 is 23.3 Å². The summed E-state index contributed by atoms with van der Waals surface area (Å²) in [5.74, 6) is 1.12. The van der Waals surface area contributed by atoms with Gasteiger partial charge in [0, 0.05) is 46.5 Å². The summed E-state index contributed by atoms with van der Waals surface area (Å²) < 4.78 is 14.8. The molecule has 3 aliphatic heterocycles. The van der Waals surface area contributed by atoms with Crippen LogP contribution < -0.4 is 20.1 Å². The molecule has 4 aromatic rings. The highest BCUT2D eigenvalue weighted by Gasteiger charge is 2.55. The molecule has 0 fully saturated rings. The van der Waals surface area contributed by atoms with Gasteiger partial charge in [-0.2, -0.15) is 0 Å². The molecule has 9 rings (SSSR count). The molecular weight excluding hydrogens is 765 g/mol. The van der Waals surface area contributed by atoms with Crippen molar-refractivity contribution in [2.75, 3.05) is 10.6 Å². The van der Waals surface area contributed by atoms with E-state index >= 15 is 9.59 Å². The monoisotopic (exact) mass is 826 g/mol. The molecule has 6 nitrogen and oxygen atoms in total. The molecule has 5 aliphatic rings. The van der Waals surface area contributed by atoms with Gasteiger partial charge in [-0.25, -0.2) is 0 Å². The SMILES string of the molecule is CC(C)(C)C1=C[C@]23Cc4cc(C(C)(C)C)cc(c4O2)C(Nc2ccccc2)C2=CC(C(C)(C)C)=C[C@]4(Cc5cc(C(C)(C)C)cc(c5O4)C(Nc4ccccc4)C(=C1)C3=O)C2=O. The molecule has 0 saturated heterocycles. The normalized spacial score (nSPS) is 24.2. The first-order valence-electron chi connectivity index (χ1n) is 22.3. The number of rotatable bonds is 4. The third kappa shape index (κ3) is 7.04. The minimum absolute atomic E-state index is 0.0870. The second-order valence-electron chi connectivity index (χ2n) is 22.4. The van der Waals surface area contributed by atoms with Gasteiger partial charge in [-0.1, -0.05) is 132 Å². The second kappa shape index (κ2) is 13.9. The summed E-state index contributed by atoms with van der Waals surface area (Å²) in [5.41, 5.74) is 6.93. The lowest BCUT2D eigenvalue weighted by atomic mass is 9.71. The van der Waals surface area contributed by atoms with E-state index in [-0.39, 0.29) is 33.2 Å². The number of fused-ring (bicyclic) bond motifs is 2. The Morgan fingerprint density at radius 3 is 1.18 bits per heavy atom. The van der Waals surface area contributed by atoms with Crippen molar-refractivity contribution in [1.82, 2.24) is 0 Å². The minimum atomic E-state index is -1.34. The number of ketones is 2. The van der Waals surface area contributed by atoms with Gasteiger partial charge in [0.25, 0.3) is 0 Å². The molecule has 2 unspecified atom stereocenters. The fourth-order valence-corrected chi connectivity index (χ4v) is 9.66. The van der Waals surface area contributed by atoms with Gasteiger partial charge in [-0.05, 0) is 116 Å². The van der Waals surface area contributed by atoms with Crippen LogP contribution in [0.2, 0.25) is 0 Å². The minimum Gasteiger partial charge on any atom is -0.474 e. The molecule has 4 aromatic carbocycles. The first-order valence-corrected chi connectivity index (χ1v) is 22.3. The van der Waals surface area contributed by atoms with Crippen molar-refractivity contribution in [3.8, 4) is 11.5 Å². The summed E-state index contributed by atoms with van der Waals surface area (Å²) >= 11 is 0. The summed E-state index contributed by atoms with van der Waals surface area (Å²) in [6.07, 6.45) is 9.08. The van der Waals surface area contributed by atoms with Crippen molar-refractivity contribution in [3.05, 3.63) is 165 Å². The van der Waals surface area contributed by atoms with Crippen LogP contribution in [0.15, 0.2) is 132 Å². The van der Waals surface area contributed by atoms with Crippen LogP contribution in [-0.2, 0) is 33.3 Å². The number of para-hydroxylation sites is 2. The molecular formula is C56H62N2O4. The van der Waals surface area contributed by atoms with Gasteiger partial charge in [0.2, 0.25) is 11.6 Å². The number of anilines is 2. The third-order valence-electron chi connectivity index (χ3n) is 13.4. The maximum atomic E-state index is 16.0. The lowest BCUT2D eigenvalue weighted by molar-refractivity contribution is -0.127. The highest BCUT2D eigenvalue weighted by molar-refractivity contribution is 6.09. The van der Waals surface area contributed by atoms with Crippen LogP contribution in [0.3, 0.4) is 0 Å². The molecule has 0 saturated carbocycles. The van der Waals surface area contributed by atoms with Crippen LogP contribution >= 0.6 is 0 Å². The van der Waals surface area contributed by atoms with Gasteiger partial charge >= 0.3 is 0 Å². The Hall–Kier alpha value is -5.62. The van der Waals surface area contributed by atoms with Crippen LogP contribution in [0, 0.1) is 10.8 Å². The highest BCUT2D eigenvalue weighted by Crippen LogP contribution is 2.55. The fourth-order valence-electron chi connectivity index (χ4n) is 9.66. The van der Waals surface area contributed by atoms with E-state index in [1.54, 1.807) is 0 Å². The highest BCUT2D eigenvalue weighted by atomic mass is 16.5. The maximum Gasteiger partial charge on any atom is 0.209 e. The molecule has 6 bridgehead atoms. The van der Waals surface area contributed by atoms with Gasteiger partial charge in [-0.15, -0.1) is 0 Å². The number of benzene rings is 4. The van der Waals surface area contributed by atoms with Crippen molar-refractivity contribution in [2.45, 2.75) is 130 Å².